The Bertz CT molecular complexity index is 1900. The third-order valence-corrected chi connectivity index (χ3v) is 12.4. The fourth-order valence-corrected chi connectivity index (χ4v) is 9.57. The van der Waals surface area contributed by atoms with Crippen LogP contribution in [0.4, 0.5) is 0 Å². The summed E-state index contributed by atoms with van der Waals surface area (Å²) in [4.78, 5) is 26.5. The third-order valence-electron chi connectivity index (χ3n) is 8.77. The number of carbonyl (C=O) groups is 2. The Kier molecular flexibility index (Phi) is 11.8. The minimum atomic E-state index is -4.25. The standard InChI is InChI=1S/C42H47BO7S2/c1-51(2,46,33-40(44)35-21-10-5-11-22-35)49-43(50-52(3,4,47)34-41(45)36-23-12-6-13-24-36)48-32-20-31-42(37-25-14-7-15-26-37,38-27-16-8-17-28-38)39-29-18-9-19-30-39/h5-19,21-30H,20,31-34H2,1-4H3. The molecule has 272 valence electrons. The van der Waals surface area contributed by atoms with Crippen LogP contribution in [-0.2, 0) is 37.0 Å². The Morgan fingerprint density at radius 3 is 1.15 bits per heavy atom. The first-order chi connectivity index (χ1) is 24.6. The van der Waals surface area contributed by atoms with Crippen molar-refractivity contribution in [2.75, 3.05) is 43.1 Å². The Hall–Kier alpha value is -4.32. The number of ketones is 2. The van der Waals surface area contributed by atoms with Gasteiger partial charge in [-0.15, -0.1) is 0 Å². The van der Waals surface area contributed by atoms with Gasteiger partial charge in [-0.1, -0.05) is 152 Å². The van der Waals surface area contributed by atoms with Gasteiger partial charge < -0.3 is 4.65 Å². The minimum Gasteiger partial charge on any atom is -0.384 e. The topological polar surface area (TPSA) is 96.0 Å². The molecule has 0 radical (unpaired) electrons. The van der Waals surface area contributed by atoms with Crippen LogP contribution in [0, 0.1) is 0 Å². The van der Waals surface area contributed by atoms with E-state index in [1.165, 1.54) is 25.0 Å². The van der Waals surface area contributed by atoms with Gasteiger partial charge in [-0.05, 0) is 29.5 Å². The average molecular weight is 739 g/mol. The van der Waals surface area contributed by atoms with E-state index >= 15 is 0 Å². The zero-order valence-corrected chi connectivity index (χ0v) is 31.9. The van der Waals surface area contributed by atoms with Crippen molar-refractivity contribution in [3.8, 4) is 0 Å². The van der Waals surface area contributed by atoms with E-state index in [4.69, 9.17) is 12.9 Å². The number of rotatable bonds is 18. The lowest BCUT2D eigenvalue weighted by Gasteiger charge is -2.45. The van der Waals surface area contributed by atoms with Crippen molar-refractivity contribution in [1.82, 2.24) is 0 Å². The molecule has 0 saturated heterocycles. The van der Waals surface area contributed by atoms with Crippen LogP contribution in [0.25, 0.3) is 0 Å². The van der Waals surface area contributed by atoms with Gasteiger partial charge in [-0.3, -0.25) is 17.8 Å². The minimum absolute atomic E-state index is 0.0595. The first-order valence-electron chi connectivity index (χ1n) is 17.1. The van der Waals surface area contributed by atoms with Gasteiger partial charge in [0.2, 0.25) is 0 Å². The molecule has 5 rings (SSSR count). The van der Waals surface area contributed by atoms with E-state index in [0.29, 0.717) is 24.0 Å². The van der Waals surface area contributed by atoms with Crippen LogP contribution in [0.15, 0.2) is 152 Å². The molecular formula is C42H47BO7S2. The summed E-state index contributed by atoms with van der Waals surface area (Å²) >= 11 is 0. The second kappa shape index (κ2) is 15.7. The summed E-state index contributed by atoms with van der Waals surface area (Å²) in [6, 6.07) is 47.9. The number of Topliss-reactive ketones (excluding diaryl/α,β-unsaturated/α-hetero) is 2. The average Bonchev–Trinajstić information content (AvgIpc) is 3.12. The molecule has 0 aliphatic heterocycles. The number of benzene rings is 5. The van der Waals surface area contributed by atoms with Crippen molar-refractivity contribution >= 4 is 37.6 Å². The van der Waals surface area contributed by atoms with Gasteiger partial charge in [-0.25, -0.2) is 8.42 Å². The first-order valence-corrected chi connectivity index (χ1v) is 22.9. The summed E-state index contributed by atoms with van der Waals surface area (Å²) in [5.41, 5.74) is 3.52. The normalized spacial score (nSPS) is 13.6. The highest BCUT2D eigenvalue weighted by molar-refractivity contribution is 8.17. The largest absolute Gasteiger partial charge is 0.678 e. The Morgan fingerprint density at radius 1 is 0.519 bits per heavy atom. The van der Waals surface area contributed by atoms with Crippen molar-refractivity contribution in [2.24, 2.45) is 0 Å². The predicted octanol–water partition coefficient (Wildman–Crippen LogP) is 7.59. The summed E-state index contributed by atoms with van der Waals surface area (Å²) in [5.74, 6) is -1.67. The molecule has 0 amide bonds. The van der Waals surface area contributed by atoms with E-state index in [1.54, 1.807) is 60.7 Å². The zero-order chi connectivity index (χ0) is 37.3. The number of carbonyl (C=O) groups excluding carboxylic acids is 2. The number of hydrogen-bond donors (Lipinski definition) is 0. The molecule has 0 bridgehead atoms. The highest BCUT2D eigenvalue weighted by Gasteiger charge is 2.42. The zero-order valence-electron chi connectivity index (χ0n) is 30.2. The lowest BCUT2D eigenvalue weighted by molar-refractivity contribution is 0.101. The number of hydrogen-bond acceptors (Lipinski definition) is 7. The lowest BCUT2D eigenvalue weighted by Crippen LogP contribution is -2.52. The van der Waals surface area contributed by atoms with Crippen molar-refractivity contribution < 1.29 is 30.9 Å². The summed E-state index contributed by atoms with van der Waals surface area (Å²) < 4.78 is 47.2. The quantitative estimate of drug-likeness (QED) is 0.0396. The van der Waals surface area contributed by atoms with E-state index in [0.717, 1.165) is 16.7 Å². The van der Waals surface area contributed by atoms with Gasteiger partial charge in [0.25, 0.3) is 0 Å². The fourth-order valence-electron chi connectivity index (χ4n) is 6.40. The highest BCUT2D eigenvalue weighted by atomic mass is 32.3. The van der Waals surface area contributed by atoms with E-state index < -0.39 is 42.9 Å². The molecule has 0 fully saturated rings. The molecule has 0 aliphatic carbocycles. The van der Waals surface area contributed by atoms with E-state index in [9.17, 15) is 18.0 Å². The molecule has 52 heavy (non-hydrogen) atoms. The van der Waals surface area contributed by atoms with Gasteiger partial charge in [-0.2, -0.15) is 18.7 Å². The monoisotopic (exact) mass is 738 g/mol. The van der Waals surface area contributed by atoms with Crippen LogP contribution in [0.5, 0.6) is 0 Å². The molecule has 7 nitrogen and oxygen atoms in total. The maximum absolute atomic E-state index is 14.4. The van der Waals surface area contributed by atoms with E-state index in [1.807, 2.05) is 54.6 Å². The van der Waals surface area contributed by atoms with E-state index in [-0.39, 0.29) is 18.2 Å². The van der Waals surface area contributed by atoms with Crippen LogP contribution >= 0.6 is 0 Å². The SMILES string of the molecule is CS(C)(=O)(CC(=O)c1ccccc1)OB(OCCCC(c1ccccc1)(c1ccccc1)c1ccccc1)OS(C)(C)(=O)CC(=O)c1ccccc1. The maximum Gasteiger partial charge on any atom is 0.678 e. The summed E-state index contributed by atoms with van der Waals surface area (Å²) in [7, 11) is -10.2. The Labute approximate surface area is 308 Å². The molecule has 5 aromatic carbocycles. The summed E-state index contributed by atoms with van der Waals surface area (Å²) in [6.45, 7) is 0.0595. The van der Waals surface area contributed by atoms with Crippen LogP contribution in [0.3, 0.4) is 0 Å². The van der Waals surface area contributed by atoms with Crippen molar-refractivity contribution in [1.29, 1.82) is 0 Å². The third kappa shape index (κ3) is 10.4. The lowest BCUT2D eigenvalue weighted by atomic mass is 9.67. The van der Waals surface area contributed by atoms with Crippen molar-refractivity contribution in [3.05, 3.63) is 179 Å². The van der Waals surface area contributed by atoms with Gasteiger partial charge in [0.15, 0.2) is 11.6 Å². The molecule has 0 N–H and O–H groups in total. The maximum atomic E-state index is 14.4. The molecule has 10 heteroatoms. The van der Waals surface area contributed by atoms with Gasteiger partial charge in [0, 0.05) is 48.2 Å². The van der Waals surface area contributed by atoms with Crippen LogP contribution in [-0.4, -0.2) is 70.4 Å². The van der Waals surface area contributed by atoms with E-state index in [2.05, 4.69) is 36.4 Å². The molecule has 0 heterocycles. The Balaban J connectivity index is 1.43. The molecule has 5 aromatic rings. The molecule has 0 spiro atoms. The van der Waals surface area contributed by atoms with Crippen LogP contribution < -0.4 is 0 Å². The first kappa shape index (κ1) is 38.9. The van der Waals surface area contributed by atoms with Crippen LogP contribution in [0.1, 0.15) is 50.2 Å². The molecule has 0 aliphatic rings. The second-order valence-corrected chi connectivity index (χ2v) is 23.0. The van der Waals surface area contributed by atoms with Crippen molar-refractivity contribution in [3.63, 3.8) is 0 Å². The molecular weight excluding hydrogens is 691 g/mol. The van der Waals surface area contributed by atoms with Crippen molar-refractivity contribution in [2.45, 2.75) is 18.3 Å². The molecule has 0 atom stereocenters. The smallest absolute Gasteiger partial charge is 0.384 e. The summed E-state index contributed by atoms with van der Waals surface area (Å²) in [6.07, 6.45) is 6.47. The fraction of sp³-hybridized carbons (Fsp3) is 0.238. The second-order valence-electron chi connectivity index (χ2n) is 14.2. The summed E-state index contributed by atoms with van der Waals surface area (Å²) in [5, 5.41) is 0. The van der Waals surface area contributed by atoms with Gasteiger partial charge in [0.05, 0.1) is 11.5 Å². The van der Waals surface area contributed by atoms with Gasteiger partial charge in [0.1, 0.15) is 0 Å². The van der Waals surface area contributed by atoms with Crippen LogP contribution in [0.2, 0.25) is 0 Å². The molecule has 0 unspecified atom stereocenters. The highest BCUT2D eigenvalue weighted by Crippen LogP contribution is 2.43. The predicted molar refractivity (Wildman–Crippen MR) is 214 cm³/mol. The molecule has 0 aromatic heterocycles. The molecule has 0 saturated carbocycles. The van der Waals surface area contributed by atoms with Gasteiger partial charge >= 0.3 is 7.32 Å². The Morgan fingerprint density at radius 2 is 0.827 bits per heavy atom.